The Labute approximate surface area is 103 Å². The number of benzene rings is 1. The molecule has 2 rings (SSSR count). The van der Waals surface area contributed by atoms with Crippen molar-refractivity contribution in [2.24, 2.45) is 0 Å². The molecule has 0 aliphatic carbocycles. The van der Waals surface area contributed by atoms with Gasteiger partial charge in [-0.3, -0.25) is 0 Å². The maximum absolute atomic E-state index is 12.0. The number of sulfone groups is 1. The van der Waals surface area contributed by atoms with Gasteiger partial charge < -0.3 is 4.74 Å². The van der Waals surface area contributed by atoms with Crippen LogP contribution in [0.25, 0.3) is 0 Å². The quantitative estimate of drug-likeness (QED) is 0.826. The molecular formula is C13H18O3S. The second kappa shape index (κ2) is 5.19. The maximum Gasteiger partial charge on any atom is 0.156 e. The van der Waals surface area contributed by atoms with Crippen molar-refractivity contribution in [2.45, 2.75) is 31.6 Å². The van der Waals surface area contributed by atoms with Crippen molar-refractivity contribution in [3.05, 3.63) is 35.4 Å². The topological polar surface area (TPSA) is 43.4 Å². The predicted molar refractivity (Wildman–Crippen MR) is 67.6 cm³/mol. The first-order valence-corrected chi connectivity index (χ1v) is 7.75. The molecule has 1 fully saturated rings. The van der Waals surface area contributed by atoms with Gasteiger partial charge in [-0.1, -0.05) is 29.8 Å². The Hall–Kier alpha value is -0.870. The third kappa shape index (κ3) is 3.82. The summed E-state index contributed by atoms with van der Waals surface area (Å²) in [4.78, 5) is 0. The van der Waals surface area contributed by atoms with Crippen LogP contribution in [0.5, 0.6) is 0 Å². The number of ether oxygens (including phenoxy) is 1. The lowest BCUT2D eigenvalue weighted by Crippen LogP contribution is -2.21. The molecule has 1 aromatic rings. The van der Waals surface area contributed by atoms with Gasteiger partial charge in [-0.15, -0.1) is 0 Å². The van der Waals surface area contributed by atoms with Gasteiger partial charge >= 0.3 is 0 Å². The van der Waals surface area contributed by atoms with Crippen LogP contribution in [0.4, 0.5) is 0 Å². The normalized spacial score (nSPS) is 20.6. The molecule has 1 atom stereocenters. The predicted octanol–water partition coefficient (Wildman–Crippen LogP) is 2.09. The van der Waals surface area contributed by atoms with Gasteiger partial charge in [0.25, 0.3) is 0 Å². The van der Waals surface area contributed by atoms with E-state index in [0.717, 1.165) is 24.0 Å². The van der Waals surface area contributed by atoms with Crippen LogP contribution in [-0.4, -0.2) is 26.9 Å². The Balaban J connectivity index is 1.98. The molecule has 0 aromatic heterocycles. The fraction of sp³-hybridized carbons (Fsp3) is 0.538. The van der Waals surface area contributed by atoms with Crippen molar-refractivity contribution in [1.29, 1.82) is 0 Å². The van der Waals surface area contributed by atoms with Crippen LogP contribution in [0.15, 0.2) is 24.3 Å². The van der Waals surface area contributed by atoms with Crippen LogP contribution in [-0.2, 0) is 20.3 Å². The fourth-order valence-electron chi connectivity index (χ4n) is 2.06. The van der Waals surface area contributed by atoms with Crippen molar-refractivity contribution in [3.8, 4) is 0 Å². The molecule has 0 amide bonds. The molecule has 4 heteroatoms. The van der Waals surface area contributed by atoms with Crippen LogP contribution in [0.3, 0.4) is 0 Å². The number of hydrogen-bond donors (Lipinski definition) is 0. The molecule has 0 radical (unpaired) electrons. The minimum absolute atomic E-state index is 0.0922. The average molecular weight is 254 g/mol. The summed E-state index contributed by atoms with van der Waals surface area (Å²) in [5.41, 5.74) is 2.00. The molecule has 3 nitrogen and oxygen atoms in total. The Kier molecular flexibility index (Phi) is 3.84. The Bertz CT molecular complexity index is 456. The zero-order valence-electron chi connectivity index (χ0n) is 10.1. The van der Waals surface area contributed by atoms with Crippen LogP contribution >= 0.6 is 0 Å². The maximum atomic E-state index is 12.0. The molecular weight excluding hydrogens is 236 g/mol. The van der Waals surface area contributed by atoms with E-state index in [0.29, 0.717) is 6.61 Å². The van der Waals surface area contributed by atoms with Crippen LogP contribution in [0, 0.1) is 6.92 Å². The summed E-state index contributed by atoms with van der Waals surface area (Å²) in [7, 11) is -3.06. The molecule has 1 aromatic carbocycles. The lowest BCUT2D eigenvalue weighted by molar-refractivity contribution is 0.127. The van der Waals surface area contributed by atoms with Gasteiger partial charge in [-0.2, -0.15) is 0 Å². The van der Waals surface area contributed by atoms with E-state index in [-0.39, 0.29) is 17.6 Å². The monoisotopic (exact) mass is 254 g/mol. The minimum atomic E-state index is -3.06. The highest BCUT2D eigenvalue weighted by Crippen LogP contribution is 2.16. The average Bonchev–Trinajstić information content (AvgIpc) is 2.73. The molecule has 1 unspecified atom stereocenters. The standard InChI is InChI=1S/C13H18O3S/c1-11-4-6-12(7-5-11)9-17(14,15)10-13-3-2-8-16-13/h4-7,13H,2-3,8-10H2,1H3. The van der Waals surface area contributed by atoms with Crippen molar-refractivity contribution in [2.75, 3.05) is 12.4 Å². The van der Waals surface area contributed by atoms with E-state index in [1.807, 2.05) is 31.2 Å². The van der Waals surface area contributed by atoms with E-state index in [4.69, 9.17) is 4.74 Å². The highest BCUT2D eigenvalue weighted by molar-refractivity contribution is 7.90. The van der Waals surface area contributed by atoms with E-state index in [1.165, 1.54) is 0 Å². The largest absolute Gasteiger partial charge is 0.377 e. The van der Waals surface area contributed by atoms with Crippen LogP contribution in [0.2, 0.25) is 0 Å². The van der Waals surface area contributed by atoms with Crippen molar-refractivity contribution < 1.29 is 13.2 Å². The van der Waals surface area contributed by atoms with E-state index in [2.05, 4.69) is 0 Å². The molecule has 1 heterocycles. The van der Waals surface area contributed by atoms with Gasteiger partial charge in [0, 0.05) is 6.61 Å². The Morgan fingerprint density at radius 3 is 2.59 bits per heavy atom. The second-order valence-electron chi connectivity index (χ2n) is 4.68. The van der Waals surface area contributed by atoms with E-state index < -0.39 is 9.84 Å². The smallest absolute Gasteiger partial charge is 0.156 e. The summed E-state index contributed by atoms with van der Waals surface area (Å²) in [6.45, 7) is 2.69. The van der Waals surface area contributed by atoms with Gasteiger partial charge in [-0.05, 0) is 25.3 Å². The molecule has 0 spiro atoms. The zero-order chi connectivity index (χ0) is 12.3. The fourth-order valence-corrected chi connectivity index (χ4v) is 3.70. The SMILES string of the molecule is Cc1ccc(CS(=O)(=O)CC2CCCO2)cc1. The molecule has 1 saturated heterocycles. The molecule has 0 bridgehead atoms. The summed E-state index contributed by atoms with van der Waals surface area (Å²) >= 11 is 0. The van der Waals surface area contributed by atoms with Crippen LogP contribution < -0.4 is 0 Å². The minimum Gasteiger partial charge on any atom is -0.377 e. The highest BCUT2D eigenvalue weighted by atomic mass is 32.2. The van der Waals surface area contributed by atoms with Gasteiger partial charge in [0.1, 0.15) is 0 Å². The lowest BCUT2D eigenvalue weighted by Gasteiger charge is -2.10. The van der Waals surface area contributed by atoms with E-state index in [1.54, 1.807) is 0 Å². The molecule has 0 saturated carbocycles. The van der Waals surface area contributed by atoms with E-state index in [9.17, 15) is 8.42 Å². The summed E-state index contributed by atoms with van der Waals surface area (Å²) < 4.78 is 29.3. The highest BCUT2D eigenvalue weighted by Gasteiger charge is 2.23. The Morgan fingerprint density at radius 1 is 1.29 bits per heavy atom. The third-order valence-corrected chi connectivity index (χ3v) is 4.62. The van der Waals surface area contributed by atoms with E-state index >= 15 is 0 Å². The van der Waals surface area contributed by atoms with Crippen molar-refractivity contribution in [1.82, 2.24) is 0 Å². The summed E-state index contributed by atoms with van der Waals surface area (Å²) in [6.07, 6.45) is 1.75. The van der Waals surface area contributed by atoms with Gasteiger partial charge in [0.15, 0.2) is 9.84 Å². The lowest BCUT2D eigenvalue weighted by atomic mass is 10.2. The number of rotatable bonds is 4. The Morgan fingerprint density at radius 2 is 2.00 bits per heavy atom. The number of aryl methyl sites for hydroxylation is 1. The molecule has 17 heavy (non-hydrogen) atoms. The first-order chi connectivity index (χ1) is 8.05. The molecule has 1 aliphatic heterocycles. The summed E-state index contributed by atoms with van der Waals surface area (Å²) in [6, 6.07) is 7.64. The van der Waals surface area contributed by atoms with Gasteiger partial charge in [0.2, 0.25) is 0 Å². The van der Waals surface area contributed by atoms with Gasteiger partial charge in [-0.25, -0.2) is 8.42 Å². The molecule has 94 valence electrons. The third-order valence-electron chi connectivity index (χ3n) is 2.97. The van der Waals surface area contributed by atoms with Crippen molar-refractivity contribution in [3.63, 3.8) is 0 Å². The summed E-state index contributed by atoms with van der Waals surface area (Å²) in [5.74, 6) is 0.272. The summed E-state index contributed by atoms with van der Waals surface area (Å²) in [5, 5.41) is 0. The van der Waals surface area contributed by atoms with Crippen molar-refractivity contribution >= 4 is 9.84 Å². The van der Waals surface area contributed by atoms with Crippen LogP contribution in [0.1, 0.15) is 24.0 Å². The first-order valence-electron chi connectivity index (χ1n) is 5.93. The van der Waals surface area contributed by atoms with Gasteiger partial charge in [0.05, 0.1) is 17.6 Å². The number of hydrogen-bond acceptors (Lipinski definition) is 3. The molecule has 1 aliphatic rings. The first kappa shape index (κ1) is 12.6. The second-order valence-corrected chi connectivity index (χ2v) is 6.78. The molecule has 0 N–H and O–H groups in total. The zero-order valence-corrected chi connectivity index (χ0v) is 10.9.